The monoisotopic (exact) mass is 329 g/mol. The van der Waals surface area contributed by atoms with E-state index < -0.39 is 24.3 Å². The average Bonchev–Trinajstić information content (AvgIpc) is 2.94. The van der Waals surface area contributed by atoms with E-state index in [1.165, 1.54) is 18.3 Å². The summed E-state index contributed by atoms with van der Waals surface area (Å²) in [6, 6.07) is 9.44. The van der Waals surface area contributed by atoms with Gasteiger partial charge in [0.25, 0.3) is 0 Å². The molecule has 0 saturated carbocycles. The quantitative estimate of drug-likeness (QED) is 0.621. The SMILES string of the molecule is CC(=N)C(C#N)C(=O)COC(=O)CCc1nc2ccccc2s1. The number of ketones is 1. The third-order valence-electron chi connectivity index (χ3n) is 3.14. The number of hydrogen-bond donors (Lipinski definition) is 1. The molecule has 1 atom stereocenters. The molecule has 0 fully saturated rings. The zero-order valence-corrected chi connectivity index (χ0v) is 13.4. The van der Waals surface area contributed by atoms with Crippen molar-refractivity contribution in [2.24, 2.45) is 5.92 Å². The molecule has 6 nitrogen and oxygen atoms in total. The first kappa shape index (κ1) is 16.8. The first-order valence-electron chi connectivity index (χ1n) is 6.98. The molecule has 0 amide bonds. The van der Waals surface area contributed by atoms with Crippen molar-refractivity contribution in [3.8, 4) is 6.07 Å². The highest BCUT2D eigenvalue weighted by Crippen LogP contribution is 2.22. The number of nitrogens with zero attached hydrogens (tertiary/aromatic N) is 2. The van der Waals surface area contributed by atoms with Gasteiger partial charge in [-0.3, -0.25) is 9.59 Å². The highest BCUT2D eigenvalue weighted by molar-refractivity contribution is 7.18. The minimum atomic E-state index is -1.15. The molecule has 1 aromatic heterocycles. The van der Waals surface area contributed by atoms with Crippen molar-refractivity contribution in [1.82, 2.24) is 4.98 Å². The minimum absolute atomic E-state index is 0.0528. The lowest BCUT2D eigenvalue weighted by molar-refractivity contribution is -0.148. The first-order valence-corrected chi connectivity index (χ1v) is 7.80. The summed E-state index contributed by atoms with van der Waals surface area (Å²) in [4.78, 5) is 27.8. The van der Waals surface area contributed by atoms with Gasteiger partial charge >= 0.3 is 5.97 Å². The van der Waals surface area contributed by atoms with Crippen molar-refractivity contribution < 1.29 is 14.3 Å². The van der Waals surface area contributed by atoms with E-state index in [2.05, 4.69) is 4.98 Å². The number of carbonyl (C=O) groups is 2. The standard InChI is InChI=1S/C16H15N3O3S/c1-10(18)11(8-17)13(20)9-22-16(21)7-6-15-19-12-4-2-3-5-14(12)23-15/h2-5,11,18H,6-7,9H2,1H3. The number of ether oxygens (including phenoxy) is 1. The van der Waals surface area contributed by atoms with Crippen LogP contribution in [-0.2, 0) is 20.7 Å². The highest BCUT2D eigenvalue weighted by Gasteiger charge is 2.21. The van der Waals surface area contributed by atoms with Crippen molar-refractivity contribution in [3.05, 3.63) is 29.3 Å². The van der Waals surface area contributed by atoms with E-state index in [4.69, 9.17) is 15.4 Å². The second kappa shape index (κ2) is 7.61. The molecule has 0 aliphatic carbocycles. The van der Waals surface area contributed by atoms with Crippen LogP contribution in [0.25, 0.3) is 10.2 Å². The van der Waals surface area contributed by atoms with E-state index >= 15 is 0 Å². The molecule has 1 heterocycles. The number of rotatable bonds is 7. The van der Waals surface area contributed by atoms with Crippen LogP contribution in [0.15, 0.2) is 24.3 Å². The molecule has 0 aliphatic rings. The molecule has 0 spiro atoms. The van der Waals surface area contributed by atoms with Gasteiger partial charge in [-0.1, -0.05) is 12.1 Å². The number of para-hydroxylation sites is 1. The summed E-state index contributed by atoms with van der Waals surface area (Å²) in [6.07, 6.45) is 0.561. The fraction of sp³-hybridized carbons (Fsp3) is 0.312. The molecule has 0 aliphatic heterocycles. The molecule has 7 heteroatoms. The van der Waals surface area contributed by atoms with Crippen LogP contribution in [0.5, 0.6) is 0 Å². The number of Topliss-reactive ketones (excluding diaryl/α,β-unsaturated/α-hetero) is 1. The largest absolute Gasteiger partial charge is 0.458 e. The predicted octanol–water partition coefficient (Wildman–Crippen LogP) is 2.52. The number of fused-ring (bicyclic) bond motifs is 1. The normalized spacial score (nSPS) is 11.7. The molecular weight excluding hydrogens is 314 g/mol. The summed E-state index contributed by atoms with van der Waals surface area (Å²) in [5.41, 5.74) is 0.845. The highest BCUT2D eigenvalue weighted by atomic mass is 32.1. The molecule has 2 rings (SSSR count). The van der Waals surface area contributed by atoms with Gasteiger partial charge in [0.05, 0.1) is 27.7 Å². The van der Waals surface area contributed by atoms with Crippen LogP contribution in [-0.4, -0.2) is 29.1 Å². The zero-order chi connectivity index (χ0) is 16.8. The molecule has 1 unspecified atom stereocenters. The molecule has 0 bridgehead atoms. The number of benzene rings is 1. The van der Waals surface area contributed by atoms with Crippen LogP contribution in [0.2, 0.25) is 0 Å². The second-order valence-corrected chi connectivity index (χ2v) is 6.06. The third kappa shape index (κ3) is 4.44. The molecule has 1 aromatic carbocycles. The Bertz CT molecular complexity index is 758. The smallest absolute Gasteiger partial charge is 0.306 e. The molecular formula is C16H15N3O3S. The van der Waals surface area contributed by atoms with Crippen LogP contribution in [0, 0.1) is 22.7 Å². The lowest BCUT2D eigenvalue weighted by Crippen LogP contribution is -2.25. The van der Waals surface area contributed by atoms with E-state index in [0.717, 1.165) is 15.2 Å². The topological polar surface area (TPSA) is 104 Å². The van der Waals surface area contributed by atoms with Crippen LogP contribution >= 0.6 is 11.3 Å². The lowest BCUT2D eigenvalue weighted by atomic mass is 10.0. The van der Waals surface area contributed by atoms with Crippen molar-refractivity contribution in [2.75, 3.05) is 6.61 Å². The van der Waals surface area contributed by atoms with E-state index in [-0.39, 0.29) is 12.1 Å². The molecule has 23 heavy (non-hydrogen) atoms. The summed E-state index contributed by atoms with van der Waals surface area (Å²) in [5, 5.41) is 17.0. The van der Waals surface area contributed by atoms with Gasteiger partial charge in [-0.25, -0.2) is 4.98 Å². The number of thiazole rings is 1. The van der Waals surface area contributed by atoms with Gasteiger partial charge in [0.15, 0.2) is 12.4 Å². The number of esters is 1. The molecule has 0 saturated heterocycles. The van der Waals surface area contributed by atoms with Crippen molar-refractivity contribution in [2.45, 2.75) is 19.8 Å². The maximum Gasteiger partial charge on any atom is 0.306 e. The summed E-state index contributed by atoms with van der Waals surface area (Å²) in [5.74, 6) is -2.24. The van der Waals surface area contributed by atoms with E-state index in [9.17, 15) is 9.59 Å². The number of hydrogen-bond acceptors (Lipinski definition) is 7. The Labute approximate surface area is 137 Å². The van der Waals surface area contributed by atoms with Crippen LogP contribution in [0.1, 0.15) is 18.4 Å². The molecule has 1 N–H and O–H groups in total. The Morgan fingerprint density at radius 1 is 1.43 bits per heavy atom. The number of aromatic nitrogens is 1. The van der Waals surface area contributed by atoms with E-state index in [0.29, 0.717) is 6.42 Å². The summed E-state index contributed by atoms with van der Waals surface area (Å²) in [7, 11) is 0. The summed E-state index contributed by atoms with van der Waals surface area (Å²) in [6.45, 7) is 0.897. The molecule has 118 valence electrons. The molecule has 0 radical (unpaired) electrons. The van der Waals surface area contributed by atoms with Gasteiger partial charge in [-0.05, 0) is 19.1 Å². The predicted molar refractivity (Wildman–Crippen MR) is 86.4 cm³/mol. The van der Waals surface area contributed by atoms with Crippen molar-refractivity contribution in [1.29, 1.82) is 10.7 Å². The van der Waals surface area contributed by atoms with Crippen LogP contribution < -0.4 is 0 Å². The zero-order valence-electron chi connectivity index (χ0n) is 12.5. The second-order valence-electron chi connectivity index (χ2n) is 4.95. The summed E-state index contributed by atoms with van der Waals surface area (Å²) >= 11 is 1.52. The fourth-order valence-corrected chi connectivity index (χ4v) is 2.92. The van der Waals surface area contributed by atoms with Crippen molar-refractivity contribution in [3.63, 3.8) is 0 Å². The van der Waals surface area contributed by atoms with Crippen LogP contribution in [0.3, 0.4) is 0 Å². The van der Waals surface area contributed by atoms with Crippen molar-refractivity contribution >= 4 is 39.0 Å². The van der Waals surface area contributed by atoms with Gasteiger partial charge in [0.2, 0.25) is 0 Å². The van der Waals surface area contributed by atoms with Gasteiger partial charge in [0.1, 0.15) is 5.92 Å². The Kier molecular flexibility index (Phi) is 5.55. The maximum atomic E-state index is 11.7. The number of aryl methyl sites for hydroxylation is 1. The van der Waals surface area contributed by atoms with E-state index in [1.54, 1.807) is 6.07 Å². The summed E-state index contributed by atoms with van der Waals surface area (Å²) < 4.78 is 5.93. The van der Waals surface area contributed by atoms with Gasteiger partial charge in [-0.15, -0.1) is 11.3 Å². The van der Waals surface area contributed by atoms with Crippen LogP contribution in [0.4, 0.5) is 0 Å². The fourth-order valence-electron chi connectivity index (χ4n) is 1.95. The Balaban J connectivity index is 1.82. The Hall–Kier alpha value is -2.59. The van der Waals surface area contributed by atoms with Gasteiger partial charge < -0.3 is 10.1 Å². The first-order chi connectivity index (χ1) is 11.0. The lowest BCUT2D eigenvalue weighted by Gasteiger charge is -2.07. The number of carbonyl (C=O) groups excluding carboxylic acids is 2. The Morgan fingerprint density at radius 3 is 2.83 bits per heavy atom. The third-order valence-corrected chi connectivity index (χ3v) is 4.24. The average molecular weight is 329 g/mol. The molecule has 2 aromatic rings. The van der Waals surface area contributed by atoms with E-state index in [1.807, 2.05) is 24.3 Å². The van der Waals surface area contributed by atoms with Gasteiger partial charge in [-0.2, -0.15) is 5.26 Å². The Morgan fingerprint density at radius 2 is 2.17 bits per heavy atom. The minimum Gasteiger partial charge on any atom is -0.458 e. The van der Waals surface area contributed by atoms with Gasteiger partial charge in [0, 0.05) is 12.1 Å². The number of nitriles is 1. The number of nitrogens with one attached hydrogen (secondary N) is 1. The maximum absolute atomic E-state index is 11.7.